The molecule has 1 aliphatic rings. The summed E-state index contributed by atoms with van der Waals surface area (Å²) in [5.74, 6) is -2.34. The first-order valence-corrected chi connectivity index (χ1v) is 10.1. The molecule has 1 fully saturated rings. The van der Waals surface area contributed by atoms with E-state index in [1.165, 1.54) is 6.92 Å². The van der Waals surface area contributed by atoms with Crippen LogP contribution in [0.1, 0.15) is 27.7 Å². The van der Waals surface area contributed by atoms with Crippen LogP contribution in [0, 0.1) is 0 Å². The number of carbonyl (C=O) groups is 4. The van der Waals surface area contributed by atoms with Gasteiger partial charge < -0.3 is 28.4 Å². The molecule has 5 unspecified atom stereocenters. The number of hydrogen-bond acceptors (Lipinski definition) is 10. The quantitative estimate of drug-likeness (QED) is 0.403. The monoisotopic (exact) mass is 502 g/mol. The van der Waals surface area contributed by atoms with Crippen LogP contribution in [0.4, 0.5) is 0 Å². The number of ether oxygens (including phenoxy) is 6. The molecule has 1 aliphatic heterocycles. The number of hydrogen-bond donors (Lipinski definition) is 0. The summed E-state index contributed by atoms with van der Waals surface area (Å²) in [5, 5.41) is 0. The maximum Gasteiger partial charge on any atom is 0.303 e. The van der Waals surface area contributed by atoms with Crippen molar-refractivity contribution in [3.05, 3.63) is 28.7 Å². The zero-order valence-electron chi connectivity index (χ0n) is 17.4. The summed E-state index contributed by atoms with van der Waals surface area (Å²) in [6, 6.07) is 6.72. The number of benzene rings is 1. The van der Waals surface area contributed by atoms with Gasteiger partial charge in [0, 0.05) is 32.2 Å². The third-order valence-corrected chi connectivity index (χ3v) is 4.54. The van der Waals surface area contributed by atoms with E-state index < -0.39 is 54.6 Å². The first-order valence-electron chi connectivity index (χ1n) is 9.29. The Labute approximate surface area is 187 Å². The average Bonchev–Trinajstić information content (AvgIpc) is 2.65. The Morgan fingerprint density at radius 2 is 1.32 bits per heavy atom. The minimum absolute atomic E-state index is 0.321. The highest BCUT2D eigenvalue weighted by Crippen LogP contribution is 2.31. The van der Waals surface area contributed by atoms with Crippen molar-refractivity contribution in [2.24, 2.45) is 0 Å². The molecule has 0 radical (unpaired) electrons. The second-order valence-electron chi connectivity index (χ2n) is 6.64. The molecule has 0 bridgehead atoms. The standard InChI is InChI=1S/C20H23BrO10/c1-10(22)26-9-16-17(27-11(2)23)18(28-12(3)24)19(29-13(4)25)20(31-16)30-15-7-5-14(21)6-8-15/h5-8,16-20H,9H2,1-4H3. The van der Waals surface area contributed by atoms with Crippen molar-refractivity contribution in [2.45, 2.75) is 58.4 Å². The molecule has 0 amide bonds. The molecule has 1 saturated heterocycles. The minimum atomic E-state index is -1.28. The smallest absolute Gasteiger partial charge is 0.303 e. The van der Waals surface area contributed by atoms with E-state index in [2.05, 4.69) is 15.9 Å². The van der Waals surface area contributed by atoms with E-state index in [-0.39, 0.29) is 6.61 Å². The highest BCUT2D eigenvalue weighted by atomic mass is 79.9. The van der Waals surface area contributed by atoms with Gasteiger partial charge in [-0.1, -0.05) is 15.9 Å². The first kappa shape index (κ1) is 24.6. The molecule has 0 aromatic heterocycles. The highest BCUT2D eigenvalue weighted by molar-refractivity contribution is 9.10. The molecule has 2 rings (SSSR count). The SMILES string of the molecule is CC(=O)OCC1OC(Oc2ccc(Br)cc2)C(OC(C)=O)C(OC(C)=O)C1OC(C)=O. The van der Waals surface area contributed by atoms with Crippen LogP contribution >= 0.6 is 15.9 Å². The maximum atomic E-state index is 11.8. The van der Waals surface area contributed by atoms with Crippen molar-refractivity contribution in [3.63, 3.8) is 0 Å². The molecule has 11 heteroatoms. The maximum absolute atomic E-state index is 11.8. The van der Waals surface area contributed by atoms with Gasteiger partial charge in [0.15, 0.2) is 12.2 Å². The van der Waals surface area contributed by atoms with Crippen LogP contribution in [-0.2, 0) is 42.9 Å². The predicted octanol–water partition coefficient (Wildman–Crippen LogP) is 1.91. The lowest BCUT2D eigenvalue weighted by molar-refractivity contribution is -0.288. The molecule has 0 saturated carbocycles. The first-order chi connectivity index (χ1) is 14.6. The van der Waals surface area contributed by atoms with E-state index in [1.807, 2.05) is 0 Å². The molecule has 31 heavy (non-hydrogen) atoms. The normalized spacial score (nSPS) is 25.1. The van der Waals surface area contributed by atoms with Crippen molar-refractivity contribution in [3.8, 4) is 5.75 Å². The summed E-state index contributed by atoms with van der Waals surface area (Å²) in [6.45, 7) is 4.34. The summed E-state index contributed by atoms with van der Waals surface area (Å²) < 4.78 is 33.5. The zero-order chi connectivity index (χ0) is 23.1. The lowest BCUT2D eigenvalue weighted by Gasteiger charge is -2.43. The van der Waals surface area contributed by atoms with E-state index in [0.717, 1.165) is 25.2 Å². The van der Waals surface area contributed by atoms with Crippen molar-refractivity contribution in [1.29, 1.82) is 0 Å². The molecular formula is C20H23BrO10. The van der Waals surface area contributed by atoms with Gasteiger partial charge in [0.25, 0.3) is 0 Å². The summed E-state index contributed by atoms with van der Waals surface area (Å²) in [7, 11) is 0. The fourth-order valence-electron chi connectivity index (χ4n) is 2.93. The van der Waals surface area contributed by atoms with E-state index in [9.17, 15) is 19.2 Å². The van der Waals surface area contributed by atoms with Crippen LogP contribution in [-0.4, -0.2) is 61.2 Å². The molecule has 1 aromatic rings. The minimum Gasteiger partial charge on any atom is -0.463 e. The highest BCUT2D eigenvalue weighted by Gasteiger charge is 2.53. The predicted molar refractivity (Wildman–Crippen MR) is 107 cm³/mol. The van der Waals surface area contributed by atoms with Crippen molar-refractivity contribution in [1.82, 2.24) is 0 Å². The van der Waals surface area contributed by atoms with Gasteiger partial charge in [-0.15, -0.1) is 0 Å². The summed E-state index contributed by atoms with van der Waals surface area (Å²) in [6.07, 6.45) is -6.11. The van der Waals surface area contributed by atoms with Crippen LogP contribution in [0.25, 0.3) is 0 Å². The summed E-state index contributed by atoms with van der Waals surface area (Å²) >= 11 is 3.32. The Bertz CT molecular complexity index is 809. The molecular weight excluding hydrogens is 480 g/mol. The summed E-state index contributed by atoms with van der Waals surface area (Å²) in [5.41, 5.74) is 0. The molecule has 0 spiro atoms. The second kappa shape index (κ2) is 11.1. The van der Waals surface area contributed by atoms with Crippen molar-refractivity contribution < 1.29 is 47.6 Å². The lowest BCUT2D eigenvalue weighted by Crippen LogP contribution is -2.63. The molecule has 10 nitrogen and oxygen atoms in total. The third-order valence-electron chi connectivity index (χ3n) is 4.01. The van der Waals surface area contributed by atoms with E-state index in [0.29, 0.717) is 5.75 Å². The van der Waals surface area contributed by atoms with Crippen LogP contribution in [0.15, 0.2) is 28.7 Å². The Hall–Kier alpha value is -2.66. The van der Waals surface area contributed by atoms with Crippen LogP contribution in [0.3, 0.4) is 0 Å². The van der Waals surface area contributed by atoms with Crippen LogP contribution < -0.4 is 4.74 Å². The molecule has 1 heterocycles. The fourth-order valence-corrected chi connectivity index (χ4v) is 3.20. The Morgan fingerprint density at radius 3 is 1.84 bits per heavy atom. The fraction of sp³-hybridized carbons (Fsp3) is 0.500. The Kier molecular flexibility index (Phi) is 8.81. The van der Waals surface area contributed by atoms with Gasteiger partial charge >= 0.3 is 23.9 Å². The van der Waals surface area contributed by atoms with Gasteiger partial charge in [-0.25, -0.2) is 0 Å². The summed E-state index contributed by atoms with van der Waals surface area (Å²) in [4.78, 5) is 46.5. The Morgan fingerprint density at radius 1 is 0.806 bits per heavy atom. The largest absolute Gasteiger partial charge is 0.463 e. The van der Waals surface area contributed by atoms with Gasteiger partial charge in [0.05, 0.1) is 0 Å². The average molecular weight is 503 g/mol. The zero-order valence-corrected chi connectivity index (χ0v) is 18.9. The van der Waals surface area contributed by atoms with E-state index >= 15 is 0 Å². The van der Waals surface area contributed by atoms with Gasteiger partial charge in [-0.3, -0.25) is 19.2 Å². The number of esters is 4. The second-order valence-corrected chi connectivity index (χ2v) is 7.56. The molecule has 170 valence electrons. The van der Waals surface area contributed by atoms with Crippen molar-refractivity contribution >= 4 is 39.8 Å². The van der Waals surface area contributed by atoms with Gasteiger partial charge in [0.2, 0.25) is 12.4 Å². The molecule has 0 N–H and O–H groups in total. The van der Waals surface area contributed by atoms with E-state index in [1.54, 1.807) is 24.3 Å². The van der Waals surface area contributed by atoms with Gasteiger partial charge in [-0.2, -0.15) is 0 Å². The number of halogens is 1. The van der Waals surface area contributed by atoms with Gasteiger partial charge in [-0.05, 0) is 24.3 Å². The topological polar surface area (TPSA) is 124 Å². The molecule has 0 aliphatic carbocycles. The Balaban J connectivity index is 2.43. The lowest BCUT2D eigenvalue weighted by atomic mass is 9.98. The molecule has 1 aromatic carbocycles. The third kappa shape index (κ3) is 7.51. The van der Waals surface area contributed by atoms with E-state index in [4.69, 9.17) is 28.4 Å². The van der Waals surface area contributed by atoms with Crippen LogP contribution in [0.5, 0.6) is 5.75 Å². The number of carbonyl (C=O) groups excluding carboxylic acids is 4. The van der Waals surface area contributed by atoms with Crippen molar-refractivity contribution in [2.75, 3.05) is 6.61 Å². The van der Waals surface area contributed by atoms with Gasteiger partial charge in [0.1, 0.15) is 18.5 Å². The number of rotatable bonds is 7. The molecule has 5 atom stereocenters. The van der Waals surface area contributed by atoms with Crippen LogP contribution in [0.2, 0.25) is 0 Å².